The Morgan fingerprint density at radius 2 is 0.940 bits per heavy atom. The molecule has 1 atom stereocenters. The van der Waals surface area contributed by atoms with Crippen molar-refractivity contribution >= 4 is 21.9 Å². The molecule has 0 radical (unpaired) electrons. The zero-order valence-electron chi connectivity index (χ0n) is 25.0. The minimum atomic E-state index is -7.22. The number of hydrogen-bond donors (Lipinski definition) is 0. The van der Waals surface area contributed by atoms with E-state index in [1.54, 1.807) is 24.3 Å². The van der Waals surface area contributed by atoms with Gasteiger partial charge in [0.1, 0.15) is 5.75 Å². The quantitative estimate of drug-likeness (QED) is 0.139. The molecule has 0 spiro atoms. The van der Waals surface area contributed by atoms with Gasteiger partial charge in [-0.2, -0.15) is 39.5 Å². The molecule has 0 aliphatic rings. The number of nitrogens with zero attached hydrogens (tertiary/aromatic N) is 3. The first-order valence-electron chi connectivity index (χ1n) is 14.4. The van der Waals surface area contributed by atoms with Gasteiger partial charge in [0.25, 0.3) is 11.1 Å². The molecule has 256 valence electrons. The average molecular weight is 718 g/mol. The van der Waals surface area contributed by atoms with Gasteiger partial charge in [0.15, 0.2) is 17.5 Å². The smallest absolute Gasteiger partial charge is 0.395 e. The molecule has 0 aliphatic heterocycles. The summed E-state index contributed by atoms with van der Waals surface area (Å²) in [7, 11) is 0. The third-order valence-corrected chi connectivity index (χ3v) is 8.51. The molecule has 1 unspecified atom stereocenters. The van der Waals surface area contributed by atoms with Gasteiger partial charge in [0.05, 0.1) is 0 Å². The van der Waals surface area contributed by atoms with E-state index in [1.165, 1.54) is 30.3 Å². The predicted octanol–water partition coefficient (Wildman–Crippen LogP) is 10.2. The number of halogens is 9. The van der Waals surface area contributed by atoms with Crippen LogP contribution in [-0.4, -0.2) is 42.4 Å². The topological polar surface area (TPSA) is 65.0 Å². The van der Waals surface area contributed by atoms with Crippen LogP contribution < -0.4 is 4.18 Å². The van der Waals surface area contributed by atoms with Crippen molar-refractivity contribution in [3.8, 4) is 51.0 Å². The lowest BCUT2D eigenvalue weighted by Gasteiger charge is -2.32. The first-order chi connectivity index (χ1) is 23.6. The van der Waals surface area contributed by atoms with E-state index in [-0.39, 0.29) is 10.8 Å². The highest BCUT2D eigenvalue weighted by Gasteiger charge is 2.84. The predicted molar refractivity (Wildman–Crippen MR) is 169 cm³/mol. The summed E-state index contributed by atoms with van der Waals surface area (Å²) in [6.07, 6.45) is -7.07. The standard InChI is InChI=1S/C35H20F9N3O2S/c36-32(37,34(40,41)42)33(38,39)35(43,44)50(48)49-28-19-18-25(26-16-7-8-17-27(26)28)23-14-9-15-24(20-23)31-46-29(21-10-3-1-4-11-21)45-30(47-31)22-12-5-2-6-13-22/h1-20H. The Labute approximate surface area is 280 Å². The summed E-state index contributed by atoms with van der Waals surface area (Å²) in [6.45, 7) is 0. The highest BCUT2D eigenvalue weighted by atomic mass is 32.2. The summed E-state index contributed by atoms with van der Waals surface area (Å²) >= 11 is -4.69. The molecule has 50 heavy (non-hydrogen) atoms. The molecule has 0 saturated heterocycles. The lowest BCUT2D eigenvalue weighted by atomic mass is 9.96. The van der Waals surface area contributed by atoms with Crippen LogP contribution in [0.5, 0.6) is 5.75 Å². The Kier molecular flexibility index (Phi) is 8.89. The second kappa shape index (κ2) is 12.9. The summed E-state index contributed by atoms with van der Waals surface area (Å²) < 4.78 is 138. The van der Waals surface area contributed by atoms with Gasteiger partial charge >= 0.3 is 23.3 Å². The molecule has 5 nitrogen and oxygen atoms in total. The molecule has 15 heteroatoms. The molecule has 0 bridgehead atoms. The van der Waals surface area contributed by atoms with Crippen LogP contribution in [0.4, 0.5) is 39.5 Å². The molecule has 1 heterocycles. The molecule has 0 N–H and O–H groups in total. The Balaban J connectivity index is 1.39. The van der Waals surface area contributed by atoms with Gasteiger partial charge in [-0.1, -0.05) is 103 Å². The number of fused-ring (bicyclic) bond motifs is 1. The van der Waals surface area contributed by atoms with Crippen LogP contribution in [0.1, 0.15) is 0 Å². The summed E-state index contributed by atoms with van der Waals surface area (Å²) in [5, 5.41) is -6.29. The molecule has 0 fully saturated rings. The fourth-order valence-corrected chi connectivity index (χ4v) is 5.71. The SMILES string of the molecule is O=S(Oc1ccc(-c2cccc(-c3nc(-c4ccccc4)nc(-c4ccccc4)n3)c2)c2ccccc12)C(F)(F)C(F)(F)C(F)(F)C(F)(F)F. The molecule has 1 aromatic heterocycles. The number of alkyl halides is 9. The van der Waals surface area contributed by atoms with Crippen molar-refractivity contribution in [1.82, 2.24) is 15.0 Å². The van der Waals surface area contributed by atoms with Crippen LogP contribution in [0, 0.1) is 0 Å². The van der Waals surface area contributed by atoms with Crippen LogP contribution in [0.2, 0.25) is 0 Å². The van der Waals surface area contributed by atoms with E-state index in [0.717, 1.165) is 17.2 Å². The average Bonchev–Trinajstić information content (AvgIpc) is 3.11. The molecule has 0 saturated carbocycles. The van der Waals surface area contributed by atoms with E-state index in [1.807, 2.05) is 60.7 Å². The van der Waals surface area contributed by atoms with E-state index in [4.69, 9.17) is 0 Å². The van der Waals surface area contributed by atoms with Crippen molar-refractivity contribution in [2.24, 2.45) is 0 Å². The molecular weight excluding hydrogens is 697 g/mol. The first kappa shape index (κ1) is 34.5. The third kappa shape index (κ3) is 6.17. The number of rotatable bonds is 9. The Morgan fingerprint density at radius 3 is 1.48 bits per heavy atom. The molecular formula is C35H20F9N3O2S. The molecule has 0 aliphatic carbocycles. The van der Waals surface area contributed by atoms with Gasteiger partial charge in [0.2, 0.25) is 0 Å². The molecule has 0 amide bonds. The van der Waals surface area contributed by atoms with Crippen LogP contribution in [0.3, 0.4) is 0 Å². The van der Waals surface area contributed by atoms with Gasteiger partial charge in [-0.15, -0.1) is 0 Å². The van der Waals surface area contributed by atoms with Crippen molar-refractivity contribution in [3.05, 3.63) is 121 Å². The fraction of sp³-hybridized carbons (Fsp3) is 0.114. The monoisotopic (exact) mass is 717 g/mol. The minimum absolute atomic E-state index is 0.0802. The second-order valence-corrected chi connectivity index (χ2v) is 11.9. The largest absolute Gasteiger partial charge is 0.460 e. The zero-order valence-corrected chi connectivity index (χ0v) is 25.8. The molecule has 6 aromatic rings. The Bertz CT molecular complexity index is 2140. The summed E-state index contributed by atoms with van der Waals surface area (Å²) in [5.41, 5.74) is 2.96. The maximum absolute atomic E-state index is 14.4. The van der Waals surface area contributed by atoms with Crippen LogP contribution in [0.25, 0.3) is 56.1 Å². The summed E-state index contributed by atoms with van der Waals surface area (Å²) in [5.74, 6) is -14.0. The number of benzene rings is 5. The van der Waals surface area contributed by atoms with Crippen molar-refractivity contribution in [2.45, 2.75) is 23.3 Å². The van der Waals surface area contributed by atoms with E-state index in [9.17, 15) is 43.7 Å². The Hall–Kier alpha value is -5.31. The fourth-order valence-electron chi connectivity index (χ4n) is 4.96. The number of hydrogen-bond acceptors (Lipinski definition) is 5. The van der Waals surface area contributed by atoms with Crippen molar-refractivity contribution in [2.75, 3.05) is 0 Å². The minimum Gasteiger partial charge on any atom is -0.395 e. The lowest BCUT2D eigenvalue weighted by molar-refractivity contribution is -0.382. The highest BCUT2D eigenvalue weighted by molar-refractivity contribution is 7.81. The van der Waals surface area contributed by atoms with Gasteiger partial charge < -0.3 is 4.18 Å². The van der Waals surface area contributed by atoms with Gasteiger partial charge in [-0.25, -0.2) is 19.2 Å². The van der Waals surface area contributed by atoms with Gasteiger partial charge in [0, 0.05) is 22.1 Å². The van der Waals surface area contributed by atoms with E-state index < -0.39 is 40.1 Å². The summed E-state index contributed by atoms with van der Waals surface area (Å²) in [6, 6.07) is 33.2. The van der Waals surface area contributed by atoms with Crippen molar-refractivity contribution < 1.29 is 47.9 Å². The second-order valence-electron chi connectivity index (χ2n) is 10.8. The van der Waals surface area contributed by atoms with Gasteiger partial charge in [-0.3, -0.25) is 0 Å². The van der Waals surface area contributed by atoms with E-state index >= 15 is 0 Å². The van der Waals surface area contributed by atoms with Crippen molar-refractivity contribution in [1.29, 1.82) is 0 Å². The summed E-state index contributed by atoms with van der Waals surface area (Å²) in [4.78, 5) is 14.0. The zero-order chi connectivity index (χ0) is 35.9. The Morgan fingerprint density at radius 1 is 0.480 bits per heavy atom. The highest BCUT2D eigenvalue weighted by Crippen LogP contribution is 2.54. The first-order valence-corrected chi connectivity index (χ1v) is 15.5. The number of aromatic nitrogens is 3. The van der Waals surface area contributed by atoms with Crippen LogP contribution in [-0.2, 0) is 11.1 Å². The normalized spacial score (nSPS) is 13.3. The molecule has 5 aromatic carbocycles. The third-order valence-electron chi connectivity index (χ3n) is 7.51. The van der Waals surface area contributed by atoms with Crippen LogP contribution in [0.15, 0.2) is 121 Å². The van der Waals surface area contributed by atoms with E-state index in [2.05, 4.69) is 19.1 Å². The molecule has 6 rings (SSSR count). The maximum Gasteiger partial charge on any atom is 0.460 e. The van der Waals surface area contributed by atoms with E-state index in [0.29, 0.717) is 34.2 Å². The van der Waals surface area contributed by atoms with Crippen LogP contribution >= 0.6 is 0 Å². The lowest BCUT2D eigenvalue weighted by Crippen LogP contribution is -2.62. The maximum atomic E-state index is 14.4. The van der Waals surface area contributed by atoms with Gasteiger partial charge in [-0.05, 0) is 34.7 Å². The van der Waals surface area contributed by atoms with Crippen molar-refractivity contribution in [3.63, 3.8) is 0 Å².